The van der Waals surface area contributed by atoms with Crippen molar-refractivity contribution in [3.63, 3.8) is 0 Å². The van der Waals surface area contributed by atoms with Crippen LogP contribution in [0.4, 0.5) is 0 Å². The Morgan fingerprint density at radius 2 is 1.76 bits per heavy atom. The highest BCUT2D eigenvalue weighted by atomic mass is 16.6. The van der Waals surface area contributed by atoms with Crippen molar-refractivity contribution in [3.05, 3.63) is 0 Å². The first-order chi connectivity index (χ1) is 10.1. The number of rotatable bonds is 9. The van der Waals surface area contributed by atoms with Crippen molar-refractivity contribution in [2.45, 2.75) is 65.4 Å². The molecule has 0 saturated carbocycles. The fourth-order valence-electron chi connectivity index (χ4n) is 2.79. The van der Waals surface area contributed by atoms with Crippen LogP contribution in [-0.2, 0) is 23.8 Å². The molecule has 1 saturated heterocycles. The van der Waals surface area contributed by atoms with Crippen LogP contribution in [0.5, 0.6) is 0 Å². The van der Waals surface area contributed by atoms with Crippen molar-refractivity contribution in [1.29, 1.82) is 0 Å². The maximum atomic E-state index is 12.3. The first-order valence-electron chi connectivity index (χ1n) is 8.06. The smallest absolute Gasteiger partial charge is 0.323 e. The Labute approximate surface area is 127 Å². The number of hydrogen-bond acceptors (Lipinski definition) is 5. The number of carbonyl (C=O) groups excluding carboxylic acids is 2. The molecule has 0 spiro atoms. The molecule has 0 aliphatic carbocycles. The minimum Gasteiger partial charge on any atom is -0.465 e. The Morgan fingerprint density at radius 1 is 1.14 bits per heavy atom. The largest absolute Gasteiger partial charge is 0.465 e. The van der Waals surface area contributed by atoms with E-state index in [1.807, 2.05) is 6.92 Å². The van der Waals surface area contributed by atoms with E-state index in [1.54, 1.807) is 13.8 Å². The summed E-state index contributed by atoms with van der Waals surface area (Å²) in [4.78, 5) is 24.6. The molecule has 0 bridgehead atoms. The molecule has 5 nitrogen and oxygen atoms in total. The fourth-order valence-corrected chi connectivity index (χ4v) is 2.79. The molecule has 1 atom stereocenters. The third kappa shape index (κ3) is 4.70. The number of carbonyl (C=O) groups is 2. The molecule has 1 aliphatic rings. The molecule has 1 heterocycles. The van der Waals surface area contributed by atoms with Crippen LogP contribution in [0, 0.1) is 5.41 Å². The molecule has 5 heteroatoms. The van der Waals surface area contributed by atoms with Gasteiger partial charge in [-0.1, -0.05) is 6.92 Å². The van der Waals surface area contributed by atoms with Gasteiger partial charge >= 0.3 is 11.9 Å². The molecule has 1 rings (SSSR count). The van der Waals surface area contributed by atoms with Crippen LogP contribution >= 0.6 is 0 Å². The Kier molecular flexibility index (Phi) is 7.72. The minimum atomic E-state index is -1.16. The molecule has 0 radical (unpaired) electrons. The standard InChI is InChI=1S/C16H28O5/c1-4-16(14(17)19-5-2,15(18)20-6-3)11-7-9-13-10-8-12-21-13/h13H,4-12H2,1-3H3. The van der Waals surface area contributed by atoms with Gasteiger partial charge in [-0.05, 0) is 52.4 Å². The van der Waals surface area contributed by atoms with E-state index in [0.717, 1.165) is 32.3 Å². The maximum absolute atomic E-state index is 12.3. The molecular weight excluding hydrogens is 272 g/mol. The normalized spacial score (nSPS) is 18.5. The first kappa shape index (κ1) is 18.0. The number of ether oxygens (including phenoxy) is 3. The Bertz CT molecular complexity index is 316. The predicted molar refractivity (Wildman–Crippen MR) is 78.8 cm³/mol. The number of hydrogen-bond donors (Lipinski definition) is 0. The monoisotopic (exact) mass is 300 g/mol. The first-order valence-corrected chi connectivity index (χ1v) is 8.06. The van der Waals surface area contributed by atoms with Gasteiger partial charge in [0.05, 0.1) is 19.3 Å². The van der Waals surface area contributed by atoms with E-state index in [2.05, 4.69) is 0 Å². The zero-order valence-corrected chi connectivity index (χ0v) is 13.5. The molecule has 0 amide bonds. The summed E-state index contributed by atoms with van der Waals surface area (Å²) in [5.74, 6) is -0.920. The lowest BCUT2D eigenvalue weighted by Gasteiger charge is -2.28. The summed E-state index contributed by atoms with van der Waals surface area (Å²) in [5, 5.41) is 0. The molecule has 122 valence electrons. The summed E-state index contributed by atoms with van der Waals surface area (Å²) < 4.78 is 15.8. The summed E-state index contributed by atoms with van der Waals surface area (Å²) in [6.07, 6.45) is 4.93. The Balaban J connectivity index is 2.68. The van der Waals surface area contributed by atoms with Gasteiger partial charge in [0.25, 0.3) is 0 Å². The summed E-state index contributed by atoms with van der Waals surface area (Å²) in [6.45, 7) is 6.68. The van der Waals surface area contributed by atoms with Crippen LogP contribution < -0.4 is 0 Å². The molecule has 0 aromatic rings. The van der Waals surface area contributed by atoms with E-state index >= 15 is 0 Å². The summed E-state index contributed by atoms with van der Waals surface area (Å²) in [5.41, 5.74) is -1.16. The quantitative estimate of drug-likeness (QED) is 0.484. The molecule has 1 aliphatic heterocycles. The highest BCUT2D eigenvalue weighted by Gasteiger charge is 2.46. The zero-order valence-electron chi connectivity index (χ0n) is 13.5. The second-order valence-corrected chi connectivity index (χ2v) is 5.40. The van der Waals surface area contributed by atoms with Crippen molar-refractivity contribution in [2.24, 2.45) is 5.41 Å². The van der Waals surface area contributed by atoms with Crippen molar-refractivity contribution in [2.75, 3.05) is 19.8 Å². The lowest BCUT2D eigenvalue weighted by atomic mass is 9.79. The molecule has 21 heavy (non-hydrogen) atoms. The number of esters is 2. The van der Waals surface area contributed by atoms with Crippen molar-refractivity contribution < 1.29 is 23.8 Å². The lowest BCUT2D eigenvalue weighted by Crippen LogP contribution is -2.41. The highest BCUT2D eigenvalue weighted by molar-refractivity contribution is 6.00. The van der Waals surface area contributed by atoms with Crippen LogP contribution in [-0.4, -0.2) is 37.9 Å². The van der Waals surface area contributed by atoms with Crippen LogP contribution in [0.15, 0.2) is 0 Å². The van der Waals surface area contributed by atoms with Crippen molar-refractivity contribution >= 4 is 11.9 Å². The van der Waals surface area contributed by atoms with Gasteiger partial charge in [-0.15, -0.1) is 0 Å². The topological polar surface area (TPSA) is 61.8 Å². The molecule has 0 N–H and O–H groups in total. The minimum absolute atomic E-state index is 0.268. The SMILES string of the molecule is CCOC(=O)C(CC)(CCCC1CCCO1)C(=O)OCC. The van der Waals surface area contributed by atoms with Crippen LogP contribution in [0.3, 0.4) is 0 Å². The maximum Gasteiger partial charge on any atom is 0.323 e. The van der Waals surface area contributed by atoms with Crippen LogP contribution in [0.1, 0.15) is 59.3 Å². The van der Waals surface area contributed by atoms with Crippen LogP contribution in [0.25, 0.3) is 0 Å². The van der Waals surface area contributed by atoms with Crippen molar-refractivity contribution in [3.8, 4) is 0 Å². The van der Waals surface area contributed by atoms with E-state index in [4.69, 9.17) is 14.2 Å². The lowest BCUT2D eigenvalue weighted by molar-refractivity contribution is -0.173. The highest BCUT2D eigenvalue weighted by Crippen LogP contribution is 2.33. The fraction of sp³-hybridized carbons (Fsp3) is 0.875. The second kappa shape index (κ2) is 9.03. The predicted octanol–water partition coefficient (Wildman–Crippen LogP) is 2.86. The van der Waals surface area contributed by atoms with Gasteiger partial charge in [0.2, 0.25) is 0 Å². The van der Waals surface area contributed by atoms with E-state index in [9.17, 15) is 9.59 Å². The van der Waals surface area contributed by atoms with Gasteiger partial charge in [-0.25, -0.2) is 0 Å². The average Bonchev–Trinajstić information content (AvgIpc) is 2.97. The molecular formula is C16H28O5. The molecule has 0 aromatic heterocycles. The molecule has 0 aromatic carbocycles. The average molecular weight is 300 g/mol. The summed E-state index contributed by atoms with van der Waals surface area (Å²) >= 11 is 0. The second-order valence-electron chi connectivity index (χ2n) is 5.40. The third-order valence-electron chi connectivity index (χ3n) is 4.09. The Morgan fingerprint density at radius 3 is 2.19 bits per heavy atom. The van der Waals surface area contributed by atoms with E-state index in [1.165, 1.54) is 0 Å². The van der Waals surface area contributed by atoms with E-state index < -0.39 is 17.4 Å². The van der Waals surface area contributed by atoms with Gasteiger partial charge in [0.15, 0.2) is 5.41 Å². The van der Waals surface area contributed by atoms with Gasteiger partial charge in [0.1, 0.15) is 0 Å². The summed E-state index contributed by atoms with van der Waals surface area (Å²) in [7, 11) is 0. The van der Waals surface area contributed by atoms with Gasteiger partial charge in [-0.3, -0.25) is 9.59 Å². The van der Waals surface area contributed by atoms with Crippen LogP contribution in [0.2, 0.25) is 0 Å². The van der Waals surface area contributed by atoms with E-state index in [0.29, 0.717) is 12.8 Å². The third-order valence-corrected chi connectivity index (χ3v) is 4.09. The zero-order chi connectivity index (χ0) is 15.7. The van der Waals surface area contributed by atoms with Gasteiger partial charge in [0, 0.05) is 6.61 Å². The molecule has 1 fully saturated rings. The van der Waals surface area contributed by atoms with Gasteiger partial charge in [-0.2, -0.15) is 0 Å². The Hall–Kier alpha value is -1.10. The van der Waals surface area contributed by atoms with E-state index in [-0.39, 0.29) is 19.3 Å². The van der Waals surface area contributed by atoms with Crippen molar-refractivity contribution in [1.82, 2.24) is 0 Å². The summed E-state index contributed by atoms with van der Waals surface area (Å²) in [6, 6.07) is 0. The molecule has 1 unspecified atom stereocenters. The van der Waals surface area contributed by atoms with Gasteiger partial charge < -0.3 is 14.2 Å².